The Balaban J connectivity index is 0.000000292. The fourth-order valence-electron chi connectivity index (χ4n) is 3.25. The van der Waals surface area contributed by atoms with Crippen LogP contribution in [-0.4, -0.2) is 59.4 Å². The maximum Gasteiger partial charge on any atom is 0.211 e. The van der Waals surface area contributed by atoms with Gasteiger partial charge in [0, 0.05) is 31.4 Å². The lowest BCUT2D eigenvalue weighted by Crippen LogP contribution is -2.18. The van der Waals surface area contributed by atoms with Crippen LogP contribution in [0.5, 0.6) is 0 Å². The number of benzene rings is 2. The van der Waals surface area contributed by atoms with Crippen molar-refractivity contribution in [3.05, 3.63) is 65.7 Å². The molecule has 0 saturated heterocycles. The minimum absolute atomic E-state index is 0.0265. The molecule has 6 nitrogen and oxygen atoms in total. The van der Waals surface area contributed by atoms with Gasteiger partial charge in [0.25, 0.3) is 0 Å². The van der Waals surface area contributed by atoms with Crippen LogP contribution in [0.2, 0.25) is 0 Å². The van der Waals surface area contributed by atoms with Crippen LogP contribution in [0.25, 0.3) is 0 Å². The second kappa shape index (κ2) is 16.6. The van der Waals surface area contributed by atoms with Gasteiger partial charge in [0.05, 0.1) is 32.1 Å². The summed E-state index contributed by atoms with van der Waals surface area (Å²) in [6.07, 6.45) is 3.43. The molecule has 34 heavy (non-hydrogen) atoms. The number of amides is 1. The molecule has 8 heteroatoms. The summed E-state index contributed by atoms with van der Waals surface area (Å²) in [5, 5.41) is 2.08. The van der Waals surface area contributed by atoms with Crippen molar-refractivity contribution in [1.29, 1.82) is 0 Å². The van der Waals surface area contributed by atoms with Crippen molar-refractivity contribution in [3.8, 4) is 0 Å². The topological polar surface area (TPSA) is 72.3 Å². The molecular weight excluding hydrogens is 440 g/mol. The van der Waals surface area contributed by atoms with Gasteiger partial charge >= 0.3 is 0 Å². The van der Waals surface area contributed by atoms with Crippen molar-refractivity contribution in [3.63, 3.8) is 0 Å². The molecule has 1 amide bonds. The molecule has 1 saturated carbocycles. The van der Waals surface area contributed by atoms with Crippen LogP contribution in [0.4, 0.5) is 14.5 Å². The molecule has 2 atom stereocenters. The standard InChI is InChI=1S/C15H21NO.C7H5F2NO.C4H9NO/c1-3-16-9-10-17-12-15(11-13(15)2)14-7-5-4-6-8-14;8-5-1-2-7(10-4-11)6(9)3-5;1-5-3-4-6-2/h4-9,13H,3,10-12H2,1-2H3;1-4H,(H,10,11);1,3-4H2,2H3/t13?,15-;;/m0../s1. The number of aliphatic imine (C=N–C) groups is 2. The molecule has 0 aromatic heterocycles. The smallest absolute Gasteiger partial charge is 0.211 e. The van der Waals surface area contributed by atoms with Crippen LogP contribution >= 0.6 is 0 Å². The number of carbonyl (C=O) groups excluding carboxylic acids is 1. The lowest BCUT2D eigenvalue weighted by Gasteiger charge is -2.16. The van der Waals surface area contributed by atoms with Gasteiger partial charge in [-0.2, -0.15) is 0 Å². The molecule has 0 aliphatic heterocycles. The Hall–Kier alpha value is -2.97. The van der Waals surface area contributed by atoms with Crippen molar-refractivity contribution < 1.29 is 23.0 Å². The monoisotopic (exact) mass is 475 g/mol. The Labute approximate surface area is 201 Å². The largest absolute Gasteiger partial charge is 0.383 e. The molecule has 0 heterocycles. The second-order valence-corrected chi connectivity index (χ2v) is 7.65. The Morgan fingerprint density at radius 1 is 1.24 bits per heavy atom. The molecule has 186 valence electrons. The first-order valence-electron chi connectivity index (χ1n) is 11.1. The SMILES string of the molecule is C=NCCOC.CCN=CCOC[C@@]1(c2ccccc2)CC1C.O=CNc1ccc(F)cc1F. The molecule has 2 aromatic rings. The number of halogens is 2. The fraction of sp³-hybridized carbons (Fsp3) is 0.423. The average molecular weight is 476 g/mol. The molecule has 1 aliphatic carbocycles. The quantitative estimate of drug-likeness (QED) is 0.284. The van der Waals surface area contributed by atoms with Crippen molar-refractivity contribution in [2.24, 2.45) is 15.9 Å². The van der Waals surface area contributed by atoms with Crippen LogP contribution in [0.15, 0.2) is 58.5 Å². The van der Waals surface area contributed by atoms with Crippen LogP contribution < -0.4 is 5.32 Å². The zero-order chi connectivity index (χ0) is 25.2. The van der Waals surface area contributed by atoms with Crippen LogP contribution in [0.3, 0.4) is 0 Å². The predicted molar refractivity (Wildman–Crippen MR) is 134 cm³/mol. The highest BCUT2D eigenvalue weighted by molar-refractivity contribution is 5.71. The van der Waals surface area contributed by atoms with E-state index in [0.29, 0.717) is 32.2 Å². The van der Waals surface area contributed by atoms with E-state index < -0.39 is 11.6 Å². The number of rotatable bonds is 11. The van der Waals surface area contributed by atoms with E-state index in [1.54, 1.807) is 7.11 Å². The number of methoxy groups -OCH3 is 1. The third-order valence-corrected chi connectivity index (χ3v) is 5.27. The molecule has 1 aliphatic rings. The van der Waals surface area contributed by atoms with Gasteiger partial charge in [0.1, 0.15) is 11.6 Å². The van der Waals surface area contributed by atoms with Crippen molar-refractivity contribution >= 4 is 25.0 Å². The lowest BCUT2D eigenvalue weighted by molar-refractivity contribution is -0.105. The average Bonchev–Trinajstić information content (AvgIpc) is 3.51. The van der Waals surface area contributed by atoms with Gasteiger partial charge in [-0.15, -0.1) is 0 Å². The summed E-state index contributed by atoms with van der Waals surface area (Å²) < 4.78 is 35.2. The minimum Gasteiger partial charge on any atom is -0.383 e. The fourth-order valence-corrected chi connectivity index (χ4v) is 3.25. The van der Waals surface area contributed by atoms with Crippen molar-refractivity contribution in [1.82, 2.24) is 0 Å². The molecule has 1 fully saturated rings. The molecule has 0 radical (unpaired) electrons. The third kappa shape index (κ3) is 10.3. The maximum atomic E-state index is 12.6. The predicted octanol–water partition coefficient (Wildman–Crippen LogP) is 4.94. The Morgan fingerprint density at radius 2 is 1.94 bits per heavy atom. The van der Waals surface area contributed by atoms with Crippen molar-refractivity contribution in [2.45, 2.75) is 25.7 Å². The van der Waals surface area contributed by atoms with E-state index >= 15 is 0 Å². The minimum atomic E-state index is -0.780. The molecular formula is C26H35F2N3O3. The van der Waals surface area contributed by atoms with E-state index in [1.807, 2.05) is 13.1 Å². The molecule has 3 rings (SSSR count). The first-order valence-corrected chi connectivity index (χ1v) is 11.1. The lowest BCUT2D eigenvalue weighted by atomic mass is 9.94. The number of ether oxygens (including phenoxy) is 2. The van der Waals surface area contributed by atoms with Crippen molar-refractivity contribution in [2.75, 3.05) is 45.3 Å². The molecule has 0 spiro atoms. The van der Waals surface area contributed by atoms with Gasteiger partial charge in [-0.05, 0) is 43.7 Å². The first-order chi connectivity index (χ1) is 16.4. The first kappa shape index (κ1) is 29.1. The van der Waals surface area contributed by atoms with E-state index in [1.165, 1.54) is 12.0 Å². The van der Waals surface area contributed by atoms with Gasteiger partial charge in [-0.25, -0.2) is 8.78 Å². The number of nitrogens with one attached hydrogen (secondary N) is 1. The van der Waals surface area contributed by atoms with Gasteiger partial charge in [0.2, 0.25) is 6.41 Å². The van der Waals surface area contributed by atoms with E-state index in [2.05, 4.69) is 64.0 Å². The summed E-state index contributed by atoms with van der Waals surface area (Å²) in [7, 11) is 1.64. The highest BCUT2D eigenvalue weighted by Gasteiger charge is 2.52. The zero-order valence-corrected chi connectivity index (χ0v) is 20.2. The molecule has 1 unspecified atom stereocenters. The highest BCUT2D eigenvalue weighted by atomic mass is 19.1. The Morgan fingerprint density at radius 3 is 2.44 bits per heavy atom. The highest BCUT2D eigenvalue weighted by Crippen LogP contribution is 2.54. The summed E-state index contributed by atoms with van der Waals surface area (Å²) in [4.78, 5) is 17.5. The molecule has 0 bridgehead atoms. The second-order valence-electron chi connectivity index (χ2n) is 7.65. The normalized spacial score (nSPS) is 18.2. The van der Waals surface area contributed by atoms with Gasteiger partial charge in [-0.1, -0.05) is 37.3 Å². The third-order valence-electron chi connectivity index (χ3n) is 5.27. The summed E-state index contributed by atoms with van der Waals surface area (Å²) >= 11 is 0. The summed E-state index contributed by atoms with van der Waals surface area (Å²) in [5.74, 6) is -0.718. The van der Waals surface area contributed by atoms with Crippen LogP contribution in [-0.2, 0) is 19.7 Å². The van der Waals surface area contributed by atoms with E-state index in [0.717, 1.165) is 31.2 Å². The van der Waals surface area contributed by atoms with Crippen LogP contribution in [0, 0.1) is 17.6 Å². The summed E-state index contributed by atoms with van der Waals surface area (Å²) in [5.41, 5.74) is 1.66. The van der Waals surface area contributed by atoms with Gasteiger partial charge in [-0.3, -0.25) is 14.8 Å². The van der Waals surface area contributed by atoms with E-state index in [-0.39, 0.29) is 11.1 Å². The summed E-state index contributed by atoms with van der Waals surface area (Å²) in [6, 6.07) is 13.6. The Kier molecular flexibility index (Phi) is 14.2. The van der Waals surface area contributed by atoms with Crippen LogP contribution in [0.1, 0.15) is 25.8 Å². The Bertz CT molecular complexity index is 881. The number of hydrogen-bond acceptors (Lipinski definition) is 5. The molecule has 1 N–H and O–H groups in total. The molecule has 2 aromatic carbocycles. The number of hydrogen-bond donors (Lipinski definition) is 1. The number of carbonyl (C=O) groups is 1. The number of anilines is 1. The maximum absolute atomic E-state index is 12.6. The summed E-state index contributed by atoms with van der Waals surface area (Å²) in [6.45, 7) is 11.3. The van der Waals surface area contributed by atoms with Gasteiger partial charge < -0.3 is 14.8 Å². The van der Waals surface area contributed by atoms with Gasteiger partial charge in [0.15, 0.2) is 0 Å². The zero-order valence-electron chi connectivity index (χ0n) is 20.2. The van der Waals surface area contributed by atoms with E-state index in [9.17, 15) is 13.6 Å². The number of nitrogens with zero attached hydrogens (tertiary/aromatic N) is 2. The van der Waals surface area contributed by atoms with E-state index in [4.69, 9.17) is 4.74 Å².